The first-order chi connectivity index (χ1) is 8.04. The van der Waals surface area contributed by atoms with Gasteiger partial charge in [-0.3, -0.25) is 9.69 Å². The zero-order valence-corrected chi connectivity index (χ0v) is 11.2. The number of amides is 1. The lowest BCUT2D eigenvalue weighted by atomic mass is 10.2. The molecule has 1 atom stereocenters. The zero-order chi connectivity index (χ0) is 12.8. The zero-order valence-electron chi connectivity index (χ0n) is 11.2. The van der Waals surface area contributed by atoms with E-state index in [-0.39, 0.29) is 18.6 Å². The highest BCUT2D eigenvalue weighted by molar-refractivity contribution is 5.77. The molecule has 0 aromatic rings. The molecule has 1 rings (SSSR count). The Morgan fingerprint density at radius 3 is 2.29 bits per heavy atom. The topological polar surface area (TPSA) is 58.8 Å². The quantitative estimate of drug-likeness (QED) is 0.733. The molecule has 5 nitrogen and oxygen atoms in total. The van der Waals surface area contributed by atoms with E-state index < -0.39 is 0 Å². The van der Waals surface area contributed by atoms with Gasteiger partial charge in [-0.15, -0.1) is 0 Å². The van der Waals surface area contributed by atoms with Crippen molar-refractivity contribution in [2.45, 2.75) is 32.9 Å². The van der Waals surface area contributed by atoms with E-state index in [2.05, 4.69) is 11.8 Å². The smallest absolute Gasteiger partial charge is 0.248 e. The second-order valence-corrected chi connectivity index (χ2v) is 4.86. The summed E-state index contributed by atoms with van der Waals surface area (Å²) in [7, 11) is 0. The summed E-state index contributed by atoms with van der Waals surface area (Å²) >= 11 is 0. The predicted molar refractivity (Wildman–Crippen MR) is 67.8 cm³/mol. The fourth-order valence-corrected chi connectivity index (χ4v) is 1.89. The molecule has 1 heterocycles. The summed E-state index contributed by atoms with van der Waals surface area (Å²) in [5, 5.41) is 0. The number of nitrogens with zero attached hydrogens (tertiary/aromatic N) is 2. The van der Waals surface area contributed by atoms with Crippen molar-refractivity contribution in [1.29, 1.82) is 0 Å². The van der Waals surface area contributed by atoms with E-state index >= 15 is 0 Å². The van der Waals surface area contributed by atoms with Gasteiger partial charge in [0, 0.05) is 38.8 Å². The second kappa shape index (κ2) is 6.93. The second-order valence-electron chi connectivity index (χ2n) is 4.86. The van der Waals surface area contributed by atoms with Crippen molar-refractivity contribution in [2.24, 2.45) is 5.73 Å². The van der Waals surface area contributed by atoms with Crippen LogP contribution in [0.5, 0.6) is 0 Å². The van der Waals surface area contributed by atoms with Crippen LogP contribution >= 0.6 is 0 Å². The van der Waals surface area contributed by atoms with Crippen LogP contribution in [0.15, 0.2) is 0 Å². The molecule has 1 aliphatic heterocycles. The summed E-state index contributed by atoms with van der Waals surface area (Å²) in [5.74, 6) is 0.0961. The van der Waals surface area contributed by atoms with Gasteiger partial charge in [-0.25, -0.2) is 0 Å². The first-order valence-electron chi connectivity index (χ1n) is 6.38. The molecule has 0 radical (unpaired) electrons. The van der Waals surface area contributed by atoms with E-state index in [1.54, 1.807) is 0 Å². The molecule has 1 unspecified atom stereocenters. The number of carbonyl (C=O) groups is 1. The first kappa shape index (κ1) is 14.4. The highest BCUT2D eigenvalue weighted by Crippen LogP contribution is 2.06. The van der Waals surface area contributed by atoms with Gasteiger partial charge in [0.05, 0.1) is 6.10 Å². The Bertz CT molecular complexity index is 238. The number of nitrogens with two attached hydrogens (primary N) is 1. The summed E-state index contributed by atoms with van der Waals surface area (Å²) in [5.41, 5.74) is 5.64. The molecule has 0 aromatic heterocycles. The third-order valence-electron chi connectivity index (χ3n) is 3.17. The van der Waals surface area contributed by atoms with E-state index in [4.69, 9.17) is 10.5 Å². The number of piperazine rings is 1. The molecule has 0 saturated carbocycles. The van der Waals surface area contributed by atoms with Crippen molar-refractivity contribution in [2.75, 3.05) is 39.3 Å². The van der Waals surface area contributed by atoms with E-state index in [1.165, 1.54) is 0 Å². The molecular weight excluding hydrogens is 218 g/mol. The van der Waals surface area contributed by atoms with Crippen LogP contribution in [0.3, 0.4) is 0 Å². The predicted octanol–water partition coefficient (Wildman–Crippen LogP) is -0.0972. The van der Waals surface area contributed by atoms with Gasteiger partial charge in [-0.1, -0.05) is 0 Å². The third-order valence-corrected chi connectivity index (χ3v) is 3.17. The fraction of sp³-hybridized carbons (Fsp3) is 0.917. The van der Waals surface area contributed by atoms with Crippen molar-refractivity contribution < 1.29 is 9.53 Å². The molecule has 2 N–H and O–H groups in total. The number of hydrogen-bond acceptors (Lipinski definition) is 4. The highest BCUT2D eigenvalue weighted by Gasteiger charge is 2.23. The van der Waals surface area contributed by atoms with E-state index in [0.29, 0.717) is 12.6 Å². The monoisotopic (exact) mass is 243 g/mol. The Morgan fingerprint density at radius 2 is 1.82 bits per heavy atom. The third kappa shape index (κ3) is 4.61. The van der Waals surface area contributed by atoms with Crippen molar-refractivity contribution in [3.05, 3.63) is 0 Å². The minimum absolute atomic E-state index is 0.0961. The van der Waals surface area contributed by atoms with Crippen LogP contribution in [0.25, 0.3) is 0 Å². The Kier molecular flexibility index (Phi) is 5.88. The summed E-state index contributed by atoms with van der Waals surface area (Å²) in [4.78, 5) is 16.0. The number of ether oxygens (including phenoxy) is 1. The van der Waals surface area contributed by atoms with Crippen molar-refractivity contribution in [3.8, 4) is 0 Å². The van der Waals surface area contributed by atoms with Gasteiger partial charge in [-0.2, -0.15) is 0 Å². The summed E-state index contributed by atoms with van der Waals surface area (Å²) < 4.78 is 5.33. The Balaban J connectivity index is 2.28. The lowest BCUT2D eigenvalue weighted by Gasteiger charge is -2.37. The molecule has 1 amide bonds. The highest BCUT2D eigenvalue weighted by atomic mass is 16.5. The van der Waals surface area contributed by atoms with E-state index in [1.807, 2.05) is 18.7 Å². The van der Waals surface area contributed by atoms with E-state index in [0.717, 1.165) is 26.2 Å². The maximum atomic E-state index is 11.8. The van der Waals surface area contributed by atoms with Gasteiger partial charge < -0.3 is 15.4 Å². The van der Waals surface area contributed by atoms with Crippen molar-refractivity contribution >= 4 is 5.91 Å². The van der Waals surface area contributed by atoms with Crippen molar-refractivity contribution in [3.63, 3.8) is 0 Å². The maximum absolute atomic E-state index is 11.8. The standard InChI is InChI=1S/C12H25N3O2/c1-10(2)17-9-12(16)15-6-4-14(5-7-15)11(3)8-13/h10-11H,4-9,13H2,1-3H3. The molecule has 100 valence electrons. The summed E-state index contributed by atoms with van der Waals surface area (Å²) in [6, 6.07) is 0.402. The molecular formula is C12H25N3O2. The number of carbonyl (C=O) groups excluding carboxylic acids is 1. The maximum Gasteiger partial charge on any atom is 0.248 e. The van der Waals surface area contributed by atoms with Crippen LogP contribution < -0.4 is 5.73 Å². The molecule has 0 bridgehead atoms. The lowest BCUT2D eigenvalue weighted by molar-refractivity contribution is -0.139. The minimum atomic E-state index is 0.0961. The van der Waals surface area contributed by atoms with Crippen LogP contribution in [0.1, 0.15) is 20.8 Å². The molecule has 0 aromatic carbocycles. The summed E-state index contributed by atoms with van der Waals surface area (Å²) in [6.07, 6.45) is 0.109. The average molecular weight is 243 g/mol. The van der Waals surface area contributed by atoms with Crippen LogP contribution in [0.4, 0.5) is 0 Å². The molecule has 0 spiro atoms. The van der Waals surface area contributed by atoms with Crippen LogP contribution in [0.2, 0.25) is 0 Å². The number of hydrogen-bond donors (Lipinski definition) is 1. The number of rotatable bonds is 5. The Hall–Kier alpha value is -0.650. The SMILES string of the molecule is CC(C)OCC(=O)N1CCN(C(C)CN)CC1. The van der Waals surface area contributed by atoms with Crippen LogP contribution in [-0.2, 0) is 9.53 Å². The molecule has 1 saturated heterocycles. The van der Waals surface area contributed by atoms with Crippen LogP contribution in [0, 0.1) is 0 Å². The van der Waals surface area contributed by atoms with Crippen LogP contribution in [-0.4, -0.2) is 67.2 Å². The van der Waals surface area contributed by atoms with Gasteiger partial charge in [-0.05, 0) is 20.8 Å². The van der Waals surface area contributed by atoms with Gasteiger partial charge in [0.1, 0.15) is 6.61 Å². The average Bonchev–Trinajstić information content (AvgIpc) is 2.35. The normalized spacial score (nSPS) is 19.7. The minimum Gasteiger partial charge on any atom is -0.369 e. The largest absolute Gasteiger partial charge is 0.369 e. The van der Waals surface area contributed by atoms with Gasteiger partial charge in [0.15, 0.2) is 0 Å². The Labute approximate surface area is 104 Å². The van der Waals surface area contributed by atoms with Crippen molar-refractivity contribution in [1.82, 2.24) is 9.80 Å². The van der Waals surface area contributed by atoms with Gasteiger partial charge in [0.25, 0.3) is 0 Å². The molecule has 1 fully saturated rings. The molecule has 1 aliphatic rings. The van der Waals surface area contributed by atoms with E-state index in [9.17, 15) is 4.79 Å². The molecule has 17 heavy (non-hydrogen) atoms. The fourth-order valence-electron chi connectivity index (χ4n) is 1.89. The molecule has 5 heteroatoms. The lowest BCUT2D eigenvalue weighted by Crippen LogP contribution is -2.53. The summed E-state index contributed by atoms with van der Waals surface area (Å²) in [6.45, 7) is 10.3. The molecule has 0 aliphatic carbocycles. The first-order valence-corrected chi connectivity index (χ1v) is 6.38. The van der Waals surface area contributed by atoms with Gasteiger partial charge >= 0.3 is 0 Å². The Morgan fingerprint density at radius 1 is 1.24 bits per heavy atom. The van der Waals surface area contributed by atoms with Gasteiger partial charge in [0.2, 0.25) is 5.91 Å².